The third kappa shape index (κ3) is 4.19. The molecule has 126 valence electrons. The molecule has 7 heteroatoms. The average Bonchev–Trinajstić information content (AvgIpc) is 2.60. The normalized spacial score (nSPS) is 11.1. The minimum absolute atomic E-state index is 0.151. The van der Waals surface area contributed by atoms with E-state index in [1.165, 1.54) is 22.6 Å². The average molecular weight is 403 g/mol. The topological polar surface area (TPSA) is 60.7 Å². The molecule has 0 spiro atoms. The van der Waals surface area contributed by atoms with Crippen molar-refractivity contribution in [3.05, 3.63) is 86.6 Å². The van der Waals surface area contributed by atoms with Crippen LogP contribution in [-0.4, -0.2) is 15.4 Å². The summed E-state index contributed by atoms with van der Waals surface area (Å²) in [4.78, 5) is 28.1. The number of aromatic nitrogens is 2. The van der Waals surface area contributed by atoms with E-state index < -0.39 is 11.8 Å². The van der Waals surface area contributed by atoms with Crippen molar-refractivity contribution in [3.63, 3.8) is 0 Å². The third-order valence-corrected chi connectivity index (χ3v) is 3.81. The van der Waals surface area contributed by atoms with E-state index in [2.05, 4.69) is 20.9 Å². The van der Waals surface area contributed by atoms with E-state index in [4.69, 9.17) is 4.74 Å². The van der Waals surface area contributed by atoms with Crippen LogP contribution < -0.4 is 5.56 Å². The summed E-state index contributed by atoms with van der Waals surface area (Å²) >= 11 is 3.29. The lowest BCUT2D eigenvalue weighted by molar-refractivity contribution is -0.139. The van der Waals surface area contributed by atoms with Gasteiger partial charge in [-0.25, -0.2) is 14.2 Å². The fourth-order valence-corrected chi connectivity index (χ4v) is 2.50. The lowest BCUT2D eigenvalue weighted by Gasteiger charge is -2.05. The highest BCUT2D eigenvalue weighted by molar-refractivity contribution is 9.10. The first kappa shape index (κ1) is 17.0. The van der Waals surface area contributed by atoms with E-state index in [0.29, 0.717) is 11.3 Å². The summed E-state index contributed by atoms with van der Waals surface area (Å²) in [5, 5.41) is 0. The van der Waals surface area contributed by atoms with Gasteiger partial charge in [-0.05, 0) is 40.2 Å². The molecule has 0 aliphatic heterocycles. The molecule has 2 heterocycles. The fraction of sp³-hybridized carbons (Fsp3) is 0.0556. The predicted octanol–water partition coefficient (Wildman–Crippen LogP) is 3.35. The quantitative estimate of drug-likeness (QED) is 0.495. The number of benzene rings is 1. The van der Waals surface area contributed by atoms with E-state index in [1.54, 1.807) is 36.5 Å². The maximum Gasteiger partial charge on any atom is 0.331 e. The molecular weight excluding hydrogens is 391 g/mol. The van der Waals surface area contributed by atoms with Crippen molar-refractivity contribution in [1.29, 1.82) is 0 Å². The highest BCUT2D eigenvalue weighted by Crippen LogP contribution is 2.10. The zero-order valence-corrected chi connectivity index (χ0v) is 14.4. The molecule has 3 rings (SSSR count). The summed E-state index contributed by atoms with van der Waals surface area (Å²) in [6.07, 6.45) is 4.07. The summed E-state index contributed by atoms with van der Waals surface area (Å²) in [7, 11) is 0. The monoisotopic (exact) mass is 402 g/mol. The Balaban J connectivity index is 1.70. The number of halogens is 2. The van der Waals surface area contributed by atoms with Gasteiger partial charge in [0.2, 0.25) is 0 Å². The largest absolute Gasteiger partial charge is 0.456 e. The van der Waals surface area contributed by atoms with Crippen molar-refractivity contribution in [2.45, 2.75) is 6.61 Å². The van der Waals surface area contributed by atoms with Gasteiger partial charge in [-0.3, -0.25) is 9.20 Å². The molecule has 1 aromatic carbocycles. The first-order valence-corrected chi connectivity index (χ1v) is 8.09. The van der Waals surface area contributed by atoms with Crippen LogP contribution in [0.25, 0.3) is 11.7 Å². The molecule has 25 heavy (non-hydrogen) atoms. The zero-order valence-electron chi connectivity index (χ0n) is 12.9. The van der Waals surface area contributed by atoms with Crippen LogP contribution >= 0.6 is 15.9 Å². The molecule has 0 atom stereocenters. The summed E-state index contributed by atoms with van der Waals surface area (Å²) in [6, 6.07) is 10.8. The molecule has 0 radical (unpaired) electrons. The molecule has 0 aliphatic carbocycles. The standard InChI is InChI=1S/C18H12BrFN2O3/c19-13-6-7-16-21-14(9-17(23)22(16)10-13)11-25-18(24)8-5-12-3-1-2-4-15(12)20/h1-10H,11H2/b8-5+. The Labute approximate surface area is 150 Å². The molecule has 0 saturated carbocycles. The highest BCUT2D eigenvalue weighted by Gasteiger charge is 2.06. The van der Waals surface area contributed by atoms with E-state index in [9.17, 15) is 14.0 Å². The third-order valence-electron chi connectivity index (χ3n) is 3.34. The van der Waals surface area contributed by atoms with Gasteiger partial charge < -0.3 is 4.74 Å². The van der Waals surface area contributed by atoms with Crippen LogP contribution in [0.4, 0.5) is 4.39 Å². The molecule has 0 aliphatic rings. The van der Waals surface area contributed by atoms with Crippen molar-refractivity contribution < 1.29 is 13.9 Å². The Morgan fingerprint density at radius 3 is 2.88 bits per heavy atom. The van der Waals surface area contributed by atoms with Gasteiger partial charge in [0, 0.05) is 28.4 Å². The Kier molecular flexibility index (Phi) is 5.04. The maximum absolute atomic E-state index is 13.5. The number of nitrogens with zero attached hydrogens (tertiary/aromatic N) is 2. The number of rotatable bonds is 4. The van der Waals surface area contributed by atoms with E-state index >= 15 is 0 Å². The molecule has 3 aromatic rings. The molecule has 0 fully saturated rings. The summed E-state index contributed by atoms with van der Waals surface area (Å²) in [5.74, 6) is -1.08. The molecule has 0 bridgehead atoms. The van der Waals surface area contributed by atoms with E-state index in [0.717, 1.165) is 10.5 Å². The number of pyridine rings is 1. The van der Waals surface area contributed by atoms with Crippen LogP contribution in [-0.2, 0) is 16.1 Å². The number of esters is 1. The fourth-order valence-electron chi connectivity index (χ4n) is 2.16. The van der Waals surface area contributed by atoms with Crippen molar-refractivity contribution in [2.75, 3.05) is 0 Å². The summed E-state index contributed by atoms with van der Waals surface area (Å²) < 4.78 is 20.6. The maximum atomic E-state index is 13.5. The molecule has 5 nitrogen and oxygen atoms in total. The van der Waals surface area contributed by atoms with Crippen LogP contribution in [0.15, 0.2) is 64.0 Å². The predicted molar refractivity (Wildman–Crippen MR) is 94.4 cm³/mol. The second-order valence-electron chi connectivity index (χ2n) is 5.12. The first-order chi connectivity index (χ1) is 12.0. The zero-order chi connectivity index (χ0) is 17.8. The van der Waals surface area contributed by atoms with Gasteiger partial charge in [-0.1, -0.05) is 18.2 Å². The molecule has 2 aromatic heterocycles. The molecule has 0 amide bonds. The van der Waals surface area contributed by atoms with Gasteiger partial charge >= 0.3 is 5.97 Å². The number of hydrogen-bond donors (Lipinski definition) is 0. The number of carbonyl (C=O) groups excluding carboxylic acids is 1. The molecule has 0 saturated heterocycles. The van der Waals surface area contributed by atoms with Crippen LogP contribution in [0, 0.1) is 5.82 Å². The summed E-state index contributed by atoms with van der Waals surface area (Å²) in [5.41, 5.74) is 0.787. The molecular formula is C18H12BrFN2O3. The molecule has 0 N–H and O–H groups in total. The second-order valence-corrected chi connectivity index (χ2v) is 6.04. The van der Waals surface area contributed by atoms with Gasteiger partial charge in [0.1, 0.15) is 18.1 Å². The Bertz CT molecular complexity index is 1030. The van der Waals surface area contributed by atoms with Crippen LogP contribution in [0.2, 0.25) is 0 Å². The highest BCUT2D eigenvalue weighted by atomic mass is 79.9. The number of carbonyl (C=O) groups is 1. The number of hydrogen-bond acceptors (Lipinski definition) is 4. The Morgan fingerprint density at radius 2 is 2.08 bits per heavy atom. The Morgan fingerprint density at radius 1 is 1.28 bits per heavy atom. The minimum atomic E-state index is -0.652. The minimum Gasteiger partial charge on any atom is -0.456 e. The van der Waals surface area contributed by atoms with Gasteiger partial charge in [0.25, 0.3) is 5.56 Å². The number of fused-ring (bicyclic) bond motifs is 1. The number of ether oxygens (including phenoxy) is 1. The summed E-state index contributed by atoms with van der Waals surface area (Å²) in [6.45, 7) is -0.151. The first-order valence-electron chi connectivity index (χ1n) is 7.30. The van der Waals surface area contributed by atoms with Crippen molar-refractivity contribution in [1.82, 2.24) is 9.38 Å². The van der Waals surface area contributed by atoms with Crippen molar-refractivity contribution in [2.24, 2.45) is 0 Å². The lowest BCUT2D eigenvalue weighted by Crippen LogP contribution is -2.16. The lowest BCUT2D eigenvalue weighted by atomic mass is 10.2. The van der Waals surface area contributed by atoms with Gasteiger partial charge in [-0.15, -0.1) is 0 Å². The van der Waals surface area contributed by atoms with E-state index in [1.807, 2.05) is 0 Å². The van der Waals surface area contributed by atoms with E-state index in [-0.39, 0.29) is 17.7 Å². The SMILES string of the molecule is O=C(/C=C/c1ccccc1F)OCc1cc(=O)n2cc(Br)ccc2n1. The van der Waals surface area contributed by atoms with Gasteiger partial charge in [0.15, 0.2) is 0 Å². The van der Waals surface area contributed by atoms with Gasteiger partial charge in [-0.2, -0.15) is 0 Å². The molecule has 0 unspecified atom stereocenters. The Hall–Kier alpha value is -2.80. The van der Waals surface area contributed by atoms with Crippen LogP contribution in [0.3, 0.4) is 0 Å². The second kappa shape index (κ2) is 7.40. The van der Waals surface area contributed by atoms with Crippen LogP contribution in [0.5, 0.6) is 0 Å². The smallest absolute Gasteiger partial charge is 0.331 e. The van der Waals surface area contributed by atoms with Crippen LogP contribution in [0.1, 0.15) is 11.3 Å². The van der Waals surface area contributed by atoms with Crippen molar-refractivity contribution >= 4 is 33.6 Å². The van der Waals surface area contributed by atoms with Gasteiger partial charge in [0.05, 0.1) is 5.69 Å². The van der Waals surface area contributed by atoms with Crippen molar-refractivity contribution in [3.8, 4) is 0 Å².